The van der Waals surface area contributed by atoms with Gasteiger partial charge in [-0.3, -0.25) is 4.79 Å². The first-order valence-corrected chi connectivity index (χ1v) is 5.98. The molecule has 86 valence electrons. The average molecular weight is 243 g/mol. The van der Waals surface area contributed by atoms with Gasteiger partial charge in [-0.1, -0.05) is 0 Å². The van der Waals surface area contributed by atoms with Gasteiger partial charge in [0.2, 0.25) is 0 Å². The van der Waals surface area contributed by atoms with E-state index >= 15 is 0 Å². The molecule has 0 bridgehead atoms. The number of nitrogens with two attached hydrogens (primary N) is 1. The fourth-order valence-electron chi connectivity index (χ4n) is 1.36. The summed E-state index contributed by atoms with van der Waals surface area (Å²) in [6, 6.07) is 2.43. The number of hydrogen-bond donors (Lipinski definition) is 1. The summed E-state index contributed by atoms with van der Waals surface area (Å²) in [5.41, 5.74) is 4.29. The lowest BCUT2D eigenvalue weighted by Crippen LogP contribution is -2.16. The van der Waals surface area contributed by atoms with Crippen LogP contribution in [0.1, 0.15) is 23.2 Å². The van der Waals surface area contributed by atoms with Crippen molar-refractivity contribution in [3.8, 4) is 0 Å². The predicted molar refractivity (Wildman–Crippen MR) is 58.3 cm³/mol. The van der Waals surface area contributed by atoms with Gasteiger partial charge in [-0.25, -0.2) is 8.78 Å². The molecule has 2 rings (SSSR count). The lowest BCUT2D eigenvalue weighted by Gasteiger charge is -2.06. The van der Waals surface area contributed by atoms with Crippen LogP contribution in [0.3, 0.4) is 0 Å². The fraction of sp³-hybridized carbons (Fsp3) is 0.364. The Morgan fingerprint density at radius 2 is 2.12 bits per heavy atom. The van der Waals surface area contributed by atoms with Crippen LogP contribution in [-0.2, 0) is 0 Å². The van der Waals surface area contributed by atoms with E-state index in [9.17, 15) is 13.6 Å². The summed E-state index contributed by atoms with van der Waals surface area (Å²) in [5, 5.41) is 0. The maximum Gasteiger partial charge on any atom is 0.254 e. The van der Waals surface area contributed by atoms with E-state index in [0.29, 0.717) is 10.8 Å². The van der Waals surface area contributed by atoms with E-state index in [0.717, 1.165) is 11.8 Å². The summed E-state index contributed by atoms with van der Waals surface area (Å²) in [6.45, 7) is 0. The first kappa shape index (κ1) is 11.4. The molecule has 0 heterocycles. The Morgan fingerprint density at radius 3 is 2.69 bits per heavy atom. The molecule has 0 saturated heterocycles. The second-order valence-electron chi connectivity index (χ2n) is 3.85. The van der Waals surface area contributed by atoms with Crippen LogP contribution >= 0.6 is 11.8 Å². The third-order valence-electron chi connectivity index (χ3n) is 2.47. The van der Waals surface area contributed by atoms with Crippen LogP contribution in [-0.4, -0.2) is 11.7 Å². The smallest absolute Gasteiger partial charge is 0.254 e. The number of hydrogen-bond acceptors (Lipinski definition) is 2. The molecule has 1 aromatic carbocycles. The van der Waals surface area contributed by atoms with Crippen LogP contribution in [0.2, 0.25) is 0 Å². The van der Waals surface area contributed by atoms with Gasteiger partial charge >= 0.3 is 0 Å². The van der Waals surface area contributed by atoms with Crippen LogP contribution in [0.5, 0.6) is 0 Å². The molecule has 1 aliphatic carbocycles. The highest BCUT2D eigenvalue weighted by Gasteiger charge is 2.23. The molecule has 0 unspecified atom stereocenters. The minimum Gasteiger partial charge on any atom is -0.365 e. The van der Waals surface area contributed by atoms with Crippen molar-refractivity contribution >= 4 is 17.7 Å². The fourth-order valence-corrected chi connectivity index (χ4v) is 2.50. The molecule has 1 aromatic rings. The minimum atomic E-state index is -1.07. The van der Waals surface area contributed by atoms with Crippen molar-refractivity contribution in [2.45, 2.75) is 17.7 Å². The van der Waals surface area contributed by atoms with E-state index < -0.39 is 23.1 Å². The first-order chi connectivity index (χ1) is 7.59. The normalized spacial score (nSPS) is 15.1. The van der Waals surface area contributed by atoms with Crippen molar-refractivity contribution in [1.29, 1.82) is 0 Å². The van der Waals surface area contributed by atoms with Crippen LogP contribution in [0, 0.1) is 17.6 Å². The van der Waals surface area contributed by atoms with Gasteiger partial charge in [0, 0.05) is 10.6 Å². The van der Waals surface area contributed by atoms with Gasteiger partial charge in [0.05, 0.1) is 0 Å². The maximum atomic E-state index is 13.7. The Morgan fingerprint density at radius 1 is 1.44 bits per heavy atom. The number of primary amides is 1. The molecular weight excluding hydrogens is 232 g/mol. The quantitative estimate of drug-likeness (QED) is 0.826. The summed E-state index contributed by atoms with van der Waals surface area (Å²) < 4.78 is 26.8. The topological polar surface area (TPSA) is 43.1 Å². The lowest BCUT2D eigenvalue weighted by atomic mass is 10.2. The second kappa shape index (κ2) is 4.41. The second-order valence-corrected chi connectivity index (χ2v) is 4.91. The first-order valence-electron chi connectivity index (χ1n) is 5.00. The zero-order chi connectivity index (χ0) is 11.7. The molecule has 1 aliphatic rings. The summed E-state index contributed by atoms with van der Waals surface area (Å²) in [7, 11) is 0. The summed E-state index contributed by atoms with van der Waals surface area (Å²) >= 11 is 1.31. The molecule has 0 aliphatic heterocycles. The van der Waals surface area contributed by atoms with Gasteiger partial charge < -0.3 is 5.73 Å². The number of thioether (sulfide) groups is 1. The van der Waals surface area contributed by atoms with Gasteiger partial charge in [0.1, 0.15) is 11.4 Å². The Hall–Kier alpha value is -1.10. The molecular formula is C11H11F2NOS. The Labute approximate surface area is 96.2 Å². The molecule has 5 heteroatoms. The minimum absolute atomic E-state index is 0.294. The molecule has 2 nitrogen and oxygen atoms in total. The van der Waals surface area contributed by atoms with Crippen molar-refractivity contribution in [3.05, 3.63) is 29.3 Å². The average Bonchev–Trinajstić information content (AvgIpc) is 3.00. The molecule has 1 fully saturated rings. The van der Waals surface area contributed by atoms with Crippen LogP contribution in [0.4, 0.5) is 8.78 Å². The summed E-state index contributed by atoms with van der Waals surface area (Å²) in [6.07, 6.45) is 2.33. The highest BCUT2D eigenvalue weighted by Crippen LogP contribution is 2.36. The third-order valence-corrected chi connectivity index (χ3v) is 3.74. The number of benzene rings is 1. The Balaban J connectivity index is 2.23. The molecule has 16 heavy (non-hydrogen) atoms. The van der Waals surface area contributed by atoms with Gasteiger partial charge in [0.15, 0.2) is 5.82 Å². The number of carbonyl (C=O) groups is 1. The zero-order valence-electron chi connectivity index (χ0n) is 8.50. The van der Waals surface area contributed by atoms with E-state index in [1.54, 1.807) is 0 Å². The van der Waals surface area contributed by atoms with E-state index in [2.05, 4.69) is 0 Å². The third kappa shape index (κ3) is 2.35. The molecule has 0 spiro atoms. The molecule has 2 N–H and O–H groups in total. The van der Waals surface area contributed by atoms with Crippen molar-refractivity contribution in [2.75, 3.05) is 5.75 Å². The Bertz CT molecular complexity index is 432. The largest absolute Gasteiger partial charge is 0.365 e. The van der Waals surface area contributed by atoms with E-state index in [1.807, 2.05) is 0 Å². The van der Waals surface area contributed by atoms with Crippen LogP contribution in [0.15, 0.2) is 17.0 Å². The van der Waals surface area contributed by atoms with Crippen molar-refractivity contribution in [2.24, 2.45) is 11.7 Å². The van der Waals surface area contributed by atoms with Gasteiger partial charge in [-0.15, -0.1) is 11.8 Å². The highest BCUT2D eigenvalue weighted by molar-refractivity contribution is 7.99. The maximum absolute atomic E-state index is 13.7. The van der Waals surface area contributed by atoms with Crippen molar-refractivity contribution in [3.63, 3.8) is 0 Å². The van der Waals surface area contributed by atoms with E-state index in [1.165, 1.54) is 30.7 Å². The standard InChI is InChI=1S/C11H11F2NOS/c12-7-3-4-8(16-5-6-1-2-6)10(13)9(7)11(14)15/h3-4,6H,1-2,5H2,(H2,14,15). The van der Waals surface area contributed by atoms with Crippen LogP contribution < -0.4 is 5.73 Å². The van der Waals surface area contributed by atoms with Crippen molar-refractivity contribution in [1.82, 2.24) is 0 Å². The van der Waals surface area contributed by atoms with Gasteiger partial charge in [0.25, 0.3) is 5.91 Å². The van der Waals surface area contributed by atoms with E-state index in [-0.39, 0.29) is 0 Å². The van der Waals surface area contributed by atoms with Crippen LogP contribution in [0.25, 0.3) is 0 Å². The summed E-state index contributed by atoms with van der Waals surface area (Å²) in [5.74, 6) is -1.37. The monoisotopic (exact) mass is 243 g/mol. The number of rotatable bonds is 4. The Kier molecular flexibility index (Phi) is 3.14. The SMILES string of the molecule is NC(=O)c1c(F)ccc(SCC2CC2)c1F. The molecule has 1 amide bonds. The number of amides is 1. The summed E-state index contributed by atoms with van der Waals surface area (Å²) in [4.78, 5) is 11.2. The van der Waals surface area contributed by atoms with Crippen molar-refractivity contribution < 1.29 is 13.6 Å². The lowest BCUT2D eigenvalue weighted by molar-refractivity contribution is 0.0991. The molecule has 1 saturated carbocycles. The number of carbonyl (C=O) groups excluding carboxylic acids is 1. The predicted octanol–water partition coefficient (Wildman–Crippen LogP) is 2.57. The van der Waals surface area contributed by atoms with Gasteiger partial charge in [-0.05, 0) is 30.9 Å². The van der Waals surface area contributed by atoms with Gasteiger partial charge in [-0.2, -0.15) is 0 Å². The zero-order valence-corrected chi connectivity index (χ0v) is 9.32. The molecule has 0 aromatic heterocycles. The van der Waals surface area contributed by atoms with E-state index in [4.69, 9.17) is 5.73 Å². The molecule has 0 atom stereocenters. The molecule has 0 radical (unpaired) electrons. The number of halogens is 2. The highest BCUT2D eigenvalue weighted by atomic mass is 32.2.